The van der Waals surface area contributed by atoms with Crippen LogP contribution in [0.1, 0.15) is 49.2 Å². The fraction of sp³-hybridized carbons (Fsp3) is 0.407. The predicted molar refractivity (Wildman–Crippen MR) is 137 cm³/mol. The third-order valence-electron chi connectivity index (χ3n) is 6.89. The number of H-pyrrole nitrogens is 1. The summed E-state index contributed by atoms with van der Waals surface area (Å²) >= 11 is 0. The molecule has 1 aliphatic heterocycles. The lowest BCUT2D eigenvalue weighted by Crippen LogP contribution is -2.33. The van der Waals surface area contributed by atoms with Crippen LogP contribution in [0.4, 0.5) is 4.39 Å². The van der Waals surface area contributed by atoms with Gasteiger partial charge in [-0.05, 0) is 71.7 Å². The van der Waals surface area contributed by atoms with Crippen LogP contribution in [0.3, 0.4) is 0 Å². The van der Waals surface area contributed by atoms with Gasteiger partial charge in [0.15, 0.2) is 5.82 Å². The van der Waals surface area contributed by atoms with Crippen LogP contribution in [0, 0.1) is 5.82 Å². The second kappa shape index (κ2) is 11.2. The highest BCUT2D eigenvalue weighted by atomic mass is 19.1. The molecule has 1 saturated heterocycles. The zero-order valence-electron chi connectivity index (χ0n) is 21.1. The summed E-state index contributed by atoms with van der Waals surface area (Å²) in [6, 6.07) is 13.7. The lowest BCUT2D eigenvalue weighted by Gasteiger charge is -2.30. The quantitative estimate of drug-likeness (QED) is 0.347. The van der Waals surface area contributed by atoms with Crippen molar-refractivity contribution in [3.05, 3.63) is 81.7 Å². The first kappa shape index (κ1) is 25.0. The molecule has 9 nitrogen and oxygen atoms in total. The van der Waals surface area contributed by atoms with Crippen LogP contribution in [0.5, 0.6) is 5.75 Å². The number of ether oxygens (including phenoxy) is 2. The number of aromatic nitrogens is 5. The minimum Gasteiger partial charge on any atom is -0.497 e. The molecule has 1 N–H and O–H groups in total. The van der Waals surface area contributed by atoms with E-state index < -0.39 is 0 Å². The van der Waals surface area contributed by atoms with Crippen LogP contribution in [-0.2, 0) is 24.4 Å². The summed E-state index contributed by atoms with van der Waals surface area (Å²) in [5.41, 5.74) is 2.12. The highest BCUT2D eigenvalue weighted by molar-refractivity contribution is 5.80. The standard InChI is InChI=1S/C27H31FN6O3/c1-3-25(26-30-31-32-34(26)17-23-5-4-12-37-23)33(15-18-6-8-21(28)9-7-18)16-20-13-19-14-22(36-2)10-11-24(19)29-27(20)35/h6-11,13-14,23,25H,3-5,12,15-17H2,1-2H3,(H,29,35)/t23-,25-/m1/s1. The molecule has 2 atom stereocenters. The molecule has 37 heavy (non-hydrogen) atoms. The number of pyridine rings is 1. The fourth-order valence-corrected chi connectivity index (χ4v) is 4.96. The van der Waals surface area contributed by atoms with E-state index in [0.717, 1.165) is 41.7 Å². The van der Waals surface area contributed by atoms with Crippen LogP contribution >= 0.6 is 0 Å². The van der Waals surface area contributed by atoms with E-state index in [2.05, 4.69) is 32.3 Å². The molecule has 3 heterocycles. The molecule has 0 aliphatic carbocycles. The summed E-state index contributed by atoms with van der Waals surface area (Å²) in [5, 5.41) is 13.5. The Morgan fingerprint density at radius 3 is 2.78 bits per heavy atom. The lowest BCUT2D eigenvalue weighted by molar-refractivity contribution is 0.0888. The molecule has 0 bridgehead atoms. The van der Waals surface area contributed by atoms with E-state index in [-0.39, 0.29) is 23.5 Å². The lowest BCUT2D eigenvalue weighted by atomic mass is 10.1. The molecule has 1 aliphatic rings. The van der Waals surface area contributed by atoms with Gasteiger partial charge in [-0.3, -0.25) is 9.69 Å². The van der Waals surface area contributed by atoms with Crippen molar-refractivity contribution in [1.82, 2.24) is 30.1 Å². The van der Waals surface area contributed by atoms with Gasteiger partial charge in [-0.15, -0.1) is 5.10 Å². The van der Waals surface area contributed by atoms with Crippen molar-refractivity contribution in [2.24, 2.45) is 0 Å². The topological polar surface area (TPSA) is 98.2 Å². The number of halogens is 1. The first-order valence-corrected chi connectivity index (χ1v) is 12.6. The van der Waals surface area contributed by atoms with E-state index >= 15 is 0 Å². The molecule has 1 fully saturated rings. The molecule has 5 rings (SSSR count). The predicted octanol–water partition coefficient (Wildman–Crippen LogP) is 3.99. The average molecular weight is 507 g/mol. The summed E-state index contributed by atoms with van der Waals surface area (Å²) in [7, 11) is 1.62. The zero-order chi connectivity index (χ0) is 25.8. The molecule has 10 heteroatoms. The van der Waals surface area contributed by atoms with Crippen LogP contribution in [0.2, 0.25) is 0 Å². The molecule has 0 spiro atoms. The van der Waals surface area contributed by atoms with Crippen molar-refractivity contribution in [1.29, 1.82) is 0 Å². The molecular weight excluding hydrogens is 475 g/mol. The Morgan fingerprint density at radius 2 is 2.05 bits per heavy atom. The van der Waals surface area contributed by atoms with Crippen molar-refractivity contribution in [2.45, 2.75) is 58.0 Å². The van der Waals surface area contributed by atoms with E-state index in [4.69, 9.17) is 9.47 Å². The van der Waals surface area contributed by atoms with E-state index in [1.54, 1.807) is 19.2 Å². The first-order chi connectivity index (χ1) is 18.0. The van der Waals surface area contributed by atoms with Gasteiger partial charge in [0.25, 0.3) is 5.56 Å². The van der Waals surface area contributed by atoms with E-state index in [1.165, 1.54) is 12.1 Å². The number of rotatable bonds is 10. The number of nitrogens with zero attached hydrogens (tertiary/aromatic N) is 5. The number of hydrogen-bond donors (Lipinski definition) is 1. The highest BCUT2D eigenvalue weighted by Crippen LogP contribution is 2.28. The van der Waals surface area contributed by atoms with Crippen molar-refractivity contribution >= 4 is 10.9 Å². The van der Waals surface area contributed by atoms with Gasteiger partial charge in [-0.25, -0.2) is 9.07 Å². The van der Waals surface area contributed by atoms with E-state index in [9.17, 15) is 9.18 Å². The Labute approximate surface area is 214 Å². The summed E-state index contributed by atoms with van der Waals surface area (Å²) in [6.07, 6.45) is 2.81. The van der Waals surface area contributed by atoms with Gasteiger partial charge in [-0.1, -0.05) is 19.1 Å². The third kappa shape index (κ3) is 5.70. The number of methoxy groups -OCH3 is 1. The number of hydrogen-bond acceptors (Lipinski definition) is 7. The summed E-state index contributed by atoms with van der Waals surface area (Å²) < 4.78 is 26.6. The van der Waals surface area contributed by atoms with Crippen molar-refractivity contribution in [2.75, 3.05) is 13.7 Å². The molecule has 194 valence electrons. The number of fused-ring (bicyclic) bond motifs is 1. The summed E-state index contributed by atoms with van der Waals surface area (Å²) in [5.74, 6) is 1.15. The van der Waals surface area contributed by atoms with Crippen LogP contribution < -0.4 is 10.3 Å². The molecule has 0 amide bonds. The van der Waals surface area contributed by atoms with Crippen LogP contribution in [-0.4, -0.2) is 49.9 Å². The van der Waals surface area contributed by atoms with Gasteiger partial charge in [0, 0.05) is 36.2 Å². The fourth-order valence-electron chi connectivity index (χ4n) is 4.96. The van der Waals surface area contributed by atoms with Gasteiger partial charge < -0.3 is 14.5 Å². The van der Waals surface area contributed by atoms with Crippen LogP contribution in [0.25, 0.3) is 10.9 Å². The molecule has 0 unspecified atom stereocenters. The monoisotopic (exact) mass is 506 g/mol. The zero-order valence-corrected chi connectivity index (χ0v) is 21.1. The number of aromatic amines is 1. The Morgan fingerprint density at radius 1 is 1.22 bits per heavy atom. The van der Waals surface area contributed by atoms with Crippen molar-refractivity contribution in [3.8, 4) is 5.75 Å². The smallest absolute Gasteiger partial charge is 0.252 e. The Kier molecular flexibility index (Phi) is 7.57. The minimum absolute atomic E-state index is 0.0867. The molecule has 0 radical (unpaired) electrons. The molecular formula is C27H31FN6O3. The maximum atomic E-state index is 13.6. The largest absolute Gasteiger partial charge is 0.497 e. The molecule has 4 aromatic rings. The normalized spacial score (nSPS) is 16.5. The molecule has 2 aromatic carbocycles. The Balaban J connectivity index is 1.50. The molecule has 0 saturated carbocycles. The first-order valence-electron chi connectivity index (χ1n) is 12.6. The number of nitrogens with one attached hydrogen (secondary N) is 1. The van der Waals surface area contributed by atoms with E-state index in [1.807, 2.05) is 28.9 Å². The summed E-state index contributed by atoms with van der Waals surface area (Å²) in [4.78, 5) is 18.2. The van der Waals surface area contributed by atoms with Crippen LogP contribution in [0.15, 0.2) is 53.3 Å². The average Bonchev–Trinajstić information content (AvgIpc) is 3.59. The van der Waals surface area contributed by atoms with Crippen molar-refractivity contribution < 1.29 is 13.9 Å². The van der Waals surface area contributed by atoms with Gasteiger partial charge in [0.2, 0.25) is 0 Å². The Hall–Kier alpha value is -3.63. The maximum absolute atomic E-state index is 13.6. The number of tetrazole rings is 1. The highest BCUT2D eigenvalue weighted by Gasteiger charge is 2.28. The minimum atomic E-state index is -0.289. The maximum Gasteiger partial charge on any atom is 0.252 e. The second-order valence-electron chi connectivity index (χ2n) is 9.39. The third-order valence-corrected chi connectivity index (χ3v) is 6.89. The van der Waals surface area contributed by atoms with Gasteiger partial charge in [0.05, 0.1) is 25.8 Å². The summed E-state index contributed by atoms with van der Waals surface area (Å²) in [6.45, 7) is 4.25. The van der Waals surface area contributed by atoms with Gasteiger partial charge in [-0.2, -0.15) is 0 Å². The van der Waals surface area contributed by atoms with Gasteiger partial charge >= 0.3 is 0 Å². The number of benzene rings is 2. The van der Waals surface area contributed by atoms with E-state index in [0.29, 0.717) is 37.4 Å². The SMILES string of the molecule is CC[C@H](c1nnnn1C[C@H]1CCCO1)N(Cc1ccc(F)cc1)Cc1cc2cc(OC)ccc2[nH]c1=O. The van der Waals surface area contributed by atoms with Crippen molar-refractivity contribution in [3.63, 3.8) is 0 Å². The second-order valence-corrected chi connectivity index (χ2v) is 9.39. The Bertz CT molecular complexity index is 1400. The molecule has 2 aromatic heterocycles. The van der Waals surface area contributed by atoms with Gasteiger partial charge in [0.1, 0.15) is 11.6 Å².